The van der Waals surface area contributed by atoms with E-state index in [0.717, 1.165) is 31.4 Å². The Morgan fingerprint density at radius 2 is 2.04 bits per heavy atom. The van der Waals surface area contributed by atoms with Gasteiger partial charge in [0.1, 0.15) is 12.0 Å². The predicted molar refractivity (Wildman–Crippen MR) is 111 cm³/mol. The molecule has 8 heteroatoms. The van der Waals surface area contributed by atoms with Gasteiger partial charge < -0.3 is 20.6 Å². The monoisotopic (exact) mass is 403 g/mol. The molecule has 1 aliphatic rings. The van der Waals surface area contributed by atoms with Gasteiger partial charge in [0.25, 0.3) is 5.91 Å². The van der Waals surface area contributed by atoms with Crippen LogP contribution in [0.25, 0.3) is 0 Å². The van der Waals surface area contributed by atoms with Crippen LogP contribution in [0, 0.1) is 5.92 Å². The molecule has 1 unspecified atom stereocenters. The van der Waals surface area contributed by atoms with Gasteiger partial charge in [-0.15, -0.1) is 0 Å². The van der Waals surface area contributed by atoms with Gasteiger partial charge >= 0.3 is 0 Å². The van der Waals surface area contributed by atoms with Crippen LogP contribution in [0.3, 0.4) is 0 Å². The summed E-state index contributed by atoms with van der Waals surface area (Å²) in [7, 11) is 3.61. The van der Waals surface area contributed by atoms with E-state index in [9.17, 15) is 9.90 Å². The van der Waals surface area contributed by atoms with E-state index in [4.69, 9.17) is 11.6 Å². The van der Waals surface area contributed by atoms with E-state index in [-0.39, 0.29) is 11.8 Å². The van der Waals surface area contributed by atoms with Crippen LogP contribution in [0.4, 0.5) is 17.3 Å². The molecule has 150 valence electrons. The molecule has 0 bridgehead atoms. The maximum atomic E-state index is 12.7. The normalized spacial score (nSPS) is 15.7. The molecule has 7 nitrogen and oxygen atoms in total. The Hall–Kier alpha value is -2.38. The minimum atomic E-state index is -0.858. The Morgan fingerprint density at radius 1 is 1.29 bits per heavy atom. The van der Waals surface area contributed by atoms with Gasteiger partial charge in [-0.25, -0.2) is 4.98 Å². The lowest BCUT2D eigenvalue weighted by Crippen LogP contribution is -2.41. The standard InChI is InChI=1S/C20H26ClN5O2/c1-22-17-11-23-12-18(24-17)26(2)14-8-9-16(21)15(10-14)20(28)25-19(27)13-6-4-3-5-7-13/h8-13,19,27H,3-7H2,1-2H3,(H,22,24)(H,25,28). The molecule has 3 rings (SSSR count). The zero-order valence-electron chi connectivity index (χ0n) is 16.2. The summed E-state index contributed by atoms with van der Waals surface area (Å²) in [6.45, 7) is 0. The number of carbonyl (C=O) groups excluding carboxylic acids is 1. The van der Waals surface area contributed by atoms with Crippen LogP contribution in [0.15, 0.2) is 30.6 Å². The Labute approximate surface area is 170 Å². The molecule has 1 atom stereocenters. The van der Waals surface area contributed by atoms with Crippen molar-refractivity contribution in [3.8, 4) is 0 Å². The molecular formula is C20H26ClN5O2. The van der Waals surface area contributed by atoms with Gasteiger partial charge in [0.2, 0.25) is 0 Å². The number of halogens is 1. The zero-order valence-corrected chi connectivity index (χ0v) is 16.9. The highest BCUT2D eigenvalue weighted by Crippen LogP contribution is 2.28. The van der Waals surface area contributed by atoms with Crippen molar-refractivity contribution in [1.82, 2.24) is 15.3 Å². The Morgan fingerprint density at radius 3 is 2.75 bits per heavy atom. The maximum Gasteiger partial charge on any atom is 0.254 e. The number of carbonyl (C=O) groups is 1. The molecule has 2 aromatic rings. The fourth-order valence-electron chi connectivity index (χ4n) is 3.45. The summed E-state index contributed by atoms with van der Waals surface area (Å²) in [6.07, 6.45) is 7.64. The average molecular weight is 404 g/mol. The van der Waals surface area contributed by atoms with Crippen LogP contribution in [0.1, 0.15) is 42.5 Å². The van der Waals surface area contributed by atoms with Crippen LogP contribution in [0.2, 0.25) is 5.02 Å². The number of nitrogens with zero attached hydrogens (tertiary/aromatic N) is 3. The molecule has 1 aromatic carbocycles. The average Bonchev–Trinajstić information content (AvgIpc) is 2.74. The van der Waals surface area contributed by atoms with Gasteiger partial charge in [0.05, 0.1) is 23.0 Å². The minimum Gasteiger partial charge on any atom is -0.373 e. The SMILES string of the molecule is CNc1cncc(N(C)c2ccc(Cl)c(C(=O)NC(O)C3CCCCC3)c2)n1. The Balaban J connectivity index is 1.77. The molecule has 1 amide bonds. The van der Waals surface area contributed by atoms with Gasteiger partial charge in [-0.3, -0.25) is 9.78 Å². The highest BCUT2D eigenvalue weighted by Gasteiger charge is 2.24. The lowest BCUT2D eigenvalue weighted by atomic mass is 9.88. The lowest BCUT2D eigenvalue weighted by Gasteiger charge is -2.27. The first-order chi connectivity index (χ1) is 13.5. The second-order valence-corrected chi connectivity index (χ2v) is 7.46. The number of aliphatic hydroxyl groups excluding tert-OH is 1. The number of benzene rings is 1. The van der Waals surface area contributed by atoms with Crippen molar-refractivity contribution in [3.05, 3.63) is 41.2 Å². The van der Waals surface area contributed by atoms with Crippen molar-refractivity contribution in [2.45, 2.75) is 38.3 Å². The summed E-state index contributed by atoms with van der Waals surface area (Å²) < 4.78 is 0. The summed E-state index contributed by atoms with van der Waals surface area (Å²) in [4.78, 5) is 23.2. The number of hydrogen-bond donors (Lipinski definition) is 3. The molecule has 1 aromatic heterocycles. The lowest BCUT2D eigenvalue weighted by molar-refractivity contribution is 0.0463. The van der Waals surface area contributed by atoms with Crippen molar-refractivity contribution < 1.29 is 9.90 Å². The summed E-state index contributed by atoms with van der Waals surface area (Å²) in [5, 5.41) is 16.4. The minimum absolute atomic E-state index is 0.0990. The highest BCUT2D eigenvalue weighted by molar-refractivity contribution is 6.34. The molecule has 0 radical (unpaired) electrons. The number of nitrogens with one attached hydrogen (secondary N) is 2. The second kappa shape index (κ2) is 9.21. The van der Waals surface area contributed by atoms with Crippen molar-refractivity contribution in [1.29, 1.82) is 0 Å². The first-order valence-corrected chi connectivity index (χ1v) is 9.89. The van der Waals surface area contributed by atoms with Crippen molar-refractivity contribution >= 4 is 34.8 Å². The molecule has 1 aliphatic carbocycles. The Bertz CT molecular complexity index is 826. The molecule has 0 spiro atoms. The maximum absolute atomic E-state index is 12.7. The summed E-state index contributed by atoms with van der Waals surface area (Å²) in [6, 6.07) is 5.17. The van der Waals surface area contributed by atoms with Crippen molar-refractivity contribution in [2.75, 3.05) is 24.3 Å². The van der Waals surface area contributed by atoms with Crippen molar-refractivity contribution in [2.24, 2.45) is 5.92 Å². The number of aliphatic hydroxyl groups is 1. The third kappa shape index (κ3) is 4.72. The fraction of sp³-hybridized carbons (Fsp3) is 0.450. The van der Waals surface area contributed by atoms with Crippen LogP contribution in [-0.4, -0.2) is 41.3 Å². The molecule has 1 fully saturated rings. The fourth-order valence-corrected chi connectivity index (χ4v) is 3.65. The summed E-state index contributed by atoms with van der Waals surface area (Å²) in [5.41, 5.74) is 1.06. The molecule has 1 saturated carbocycles. The Kier molecular flexibility index (Phi) is 6.70. The molecular weight excluding hydrogens is 378 g/mol. The summed E-state index contributed by atoms with van der Waals surface area (Å²) in [5.74, 6) is 0.991. The smallest absolute Gasteiger partial charge is 0.254 e. The quantitative estimate of drug-likeness (QED) is 0.639. The summed E-state index contributed by atoms with van der Waals surface area (Å²) >= 11 is 6.26. The molecule has 0 aliphatic heterocycles. The number of aromatic nitrogens is 2. The van der Waals surface area contributed by atoms with E-state index >= 15 is 0 Å². The number of anilines is 3. The predicted octanol–water partition coefficient (Wildman–Crippen LogP) is 3.57. The molecule has 0 saturated heterocycles. The zero-order chi connectivity index (χ0) is 20.1. The van der Waals surface area contributed by atoms with Gasteiger partial charge in [-0.1, -0.05) is 30.9 Å². The van der Waals surface area contributed by atoms with E-state index < -0.39 is 6.23 Å². The van der Waals surface area contributed by atoms with Gasteiger partial charge in [-0.05, 0) is 31.0 Å². The van der Waals surface area contributed by atoms with E-state index in [2.05, 4.69) is 20.6 Å². The van der Waals surface area contributed by atoms with E-state index in [1.165, 1.54) is 6.42 Å². The third-order valence-electron chi connectivity index (χ3n) is 5.18. The topological polar surface area (TPSA) is 90.4 Å². The van der Waals surface area contributed by atoms with Gasteiger partial charge in [-0.2, -0.15) is 0 Å². The number of hydrogen-bond acceptors (Lipinski definition) is 6. The van der Waals surface area contributed by atoms with Crippen LogP contribution < -0.4 is 15.5 Å². The number of rotatable bonds is 6. The van der Waals surface area contributed by atoms with Crippen LogP contribution in [-0.2, 0) is 0 Å². The van der Waals surface area contributed by atoms with Gasteiger partial charge in [0, 0.05) is 25.7 Å². The number of amides is 1. The van der Waals surface area contributed by atoms with E-state index in [0.29, 0.717) is 22.2 Å². The largest absolute Gasteiger partial charge is 0.373 e. The van der Waals surface area contributed by atoms with Crippen molar-refractivity contribution in [3.63, 3.8) is 0 Å². The molecule has 1 heterocycles. The highest BCUT2D eigenvalue weighted by atomic mass is 35.5. The van der Waals surface area contributed by atoms with E-state index in [1.54, 1.807) is 31.6 Å². The van der Waals surface area contributed by atoms with E-state index in [1.807, 2.05) is 18.0 Å². The first-order valence-electron chi connectivity index (χ1n) is 9.51. The van der Waals surface area contributed by atoms with Crippen LogP contribution >= 0.6 is 11.6 Å². The molecule has 3 N–H and O–H groups in total. The molecule has 28 heavy (non-hydrogen) atoms. The third-order valence-corrected chi connectivity index (χ3v) is 5.51. The second-order valence-electron chi connectivity index (χ2n) is 7.05. The van der Waals surface area contributed by atoms with Crippen LogP contribution in [0.5, 0.6) is 0 Å². The first kappa shape index (κ1) is 20.4. The van der Waals surface area contributed by atoms with Gasteiger partial charge in [0.15, 0.2) is 5.82 Å².